The molecule has 1 aliphatic carbocycles. The molecule has 21 heavy (non-hydrogen) atoms. The van der Waals surface area contributed by atoms with Crippen LogP contribution in [-0.4, -0.2) is 23.1 Å². The molecule has 2 aromatic rings. The minimum atomic E-state index is 0.630. The second kappa shape index (κ2) is 5.25. The van der Waals surface area contributed by atoms with Crippen LogP contribution in [0.3, 0.4) is 0 Å². The largest absolute Gasteiger partial charge is 0.375 e. The molecule has 0 amide bonds. The van der Waals surface area contributed by atoms with Crippen LogP contribution in [0.15, 0.2) is 5.38 Å². The summed E-state index contributed by atoms with van der Waals surface area (Å²) in [5.41, 5.74) is 7.84. The molecule has 2 bridgehead atoms. The van der Waals surface area contributed by atoms with E-state index in [0.717, 1.165) is 28.1 Å². The molecule has 4 heterocycles. The van der Waals surface area contributed by atoms with E-state index in [1.165, 1.54) is 55.2 Å². The van der Waals surface area contributed by atoms with Crippen molar-refractivity contribution in [1.29, 1.82) is 0 Å². The lowest BCUT2D eigenvalue weighted by Gasteiger charge is -2.21. The van der Waals surface area contributed by atoms with Crippen LogP contribution in [0.2, 0.25) is 0 Å². The topological polar surface area (TPSA) is 55.0 Å². The van der Waals surface area contributed by atoms with Gasteiger partial charge in [0, 0.05) is 18.5 Å². The summed E-state index contributed by atoms with van der Waals surface area (Å²) < 4.78 is 0. The van der Waals surface area contributed by atoms with Crippen molar-refractivity contribution in [2.75, 3.05) is 23.7 Å². The normalized spacial score (nSPS) is 25.3. The number of hydrogen-bond donors (Lipinski definition) is 1. The van der Waals surface area contributed by atoms with Crippen LogP contribution in [0.25, 0.3) is 10.6 Å². The van der Waals surface area contributed by atoms with Gasteiger partial charge in [0.15, 0.2) is 10.3 Å². The van der Waals surface area contributed by atoms with E-state index < -0.39 is 0 Å². The van der Waals surface area contributed by atoms with Crippen molar-refractivity contribution in [2.24, 2.45) is 11.8 Å². The molecular formula is C15H20N4S2. The predicted molar refractivity (Wildman–Crippen MR) is 90.0 cm³/mol. The number of rotatable bonds is 2. The van der Waals surface area contributed by atoms with Gasteiger partial charge in [-0.3, -0.25) is 0 Å². The number of nitrogen functional groups attached to an aromatic ring is 1. The van der Waals surface area contributed by atoms with E-state index >= 15 is 0 Å². The lowest BCUT2D eigenvalue weighted by atomic mass is 9.84. The zero-order valence-electron chi connectivity index (χ0n) is 12.2. The Hall–Kier alpha value is -1.14. The van der Waals surface area contributed by atoms with E-state index in [9.17, 15) is 0 Å². The van der Waals surface area contributed by atoms with Crippen LogP contribution < -0.4 is 10.6 Å². The van der Waals surface area contributed by atoms with Crippen LogP contribution in [-0.2, 0) is 0 Å². The van der Waals surface area contributed by atoms with Crippen LogP contribution in [0, 0.1) is 18.8 Å². The number of hydrogen-bond acceptors (Lipinski definition) is 6. The Bertz CT molecular complexity index is 626. The van der Waals surface area contributed by atoms with Crippen molar-refractivity contribution in [3.8, 4) is 10.6 Å². The number of nitrogens with zero attached hydrogens (tertiary/aromatic N) is 3. The number of nitrogens with two attached hydrogens (primary N) is 1. The third kappa shape index (κ3) is 2.55. The molecule has 5 rings (SSSR count). The first-order valence-corrected chi connectivity index (χ1v) is 9.32. The van der Waals surface area contributed by atoms with Gasteiger partial charge in [0.2, 0.25) is 0 Å². The molecule has 4 nitrogen and oxygen atoms in total. The third-order valence-electron chi connectivity index (χ3n) is 4.73. The Morgan fingerprint density at radius 3 is 2.38 bits per heavy atom. The number of aromatic nitrogens is 2. The van der Waals surface area contributed by atoms with Crippen molar-refractivity contribution in [2.45, 2.75) is 32.6 Å². The summed E-state index contributed by atoms with van der Waals surface area (Å²) in [6, 6.07) is 0. The maximum Gasteiger partial charge on any atom is 0.185 e. The molecule has 3 fully saturated rings. The lowest BCUT2D eigenvalue weighted by Crippen LogP contribution is -2.27. The van der Waals surface area contributed by atoms with Crippen molar-refractivity contribution in [1.82, 2.24) is 9.97 Å². The summed E-state index contributed by atoms with van der Waals surface area (Å²) in [4.78, 5) is 12.8. The van der Waals surface area contributed by atoms with E-state index in [1.54, 1.807) is 11.3 Å². The van der Waals surface area contributed by atoms with Crippen molar-refractivity contribution in [3.05, 3.63) is 11.1 Å². The molecule has 3 aliphatic rings. The van der Waals surface area contributed by atoms with Gasteiger partial charge in [-0.2, -0.15) is 0 Å². The Kier molecular flexibility index (Phi) is 3.38. The summed E-state index contributed by atoms with van der Waals surface area (Å²) in [7, 11) is 0. The molecule has 2 aromatic heterocycles. The molecule has 0 radical (unpaired) electrons. The van der Waals surface area contributed by atoms with Crippen LogP contribution >= 0.6 is 22.7 Å². The number of thiazole rings is 2. The minimum Gasteiger partial charge on any atom is -0.375 e. The van der Waals surface area contributed by atoms with Crippen molar-refractivity contribution in [3.63, 3.8) is 0 Å². The van der Waals surface area contributed by atoms with Gasteiger partial charge in [0.25, 0.3) is 0 Å². The monoisotopic (exact) mass is 320 g/mol. The highest BCUT2D eigenvalue weighted by molar-refractivity contribution is 7.19. The molecule has 1 saturated carbocycles. The fraction of sp³-hybridized carbons (Fsp3) is 0.600. The predicted octanol–water partition coefficient (Wildman–Crippen LogP) is 3.78. The minimum absolute atomic E-state index is 0.630. The van der Waals surface area contributed by atoms with Gasteiger partial charge in [-0.05, 0) is 44.4 Å². The smallest absolute Gasteiger partial charge is 0.185 e. The van der Waals surface area contributed by atoms with Crippen molar-refractivity contribution >= 4 is 32.9 Å². The molecule has 2 saturated heterocycles. The molecule has 6 heteroatoms. The Morgan fingerprint density at radius 1 is 1.14 bits per heavy atom. The second-order valence-corrected chi connectivity index (χ2v) is 8.14. The van der Waals surface area contributed by atoms with Gasteiger partial charge in [0.05, 0.1) is 16.3 Å². The van der Waals surface area contributed by atoms with Crippen molar-refractivity contribution < 1.29 is 0 Å². The quantitative estimate of drug-likeness (QED) is 0.915. The van der Waals surface area contributed by atoms with E-state index in [1.807, 2.05) is 6.92 Å². The van der Waals surface area contributed by atoms with Crippen LogP contribution in [0.4, 0.5) is 10.3 Å². The molecular weight excluding hydrogens is 300 g/mol. The zero-order chi connectivity index (χ0) is 14.4. The van der Waals surface area contributed by atoms with E-state index in [0.29, 0.717) is 5.13 Å². The molecule has 2 N–H and O–H groups in total. The standard InChI is InChI=1S/C15H20N4S2/c1-9-13(21-14(16)17-9)12-8-20-15(18-12)19-6-10-2-3-11(7-19)5-4-10/h8,10-11H,2-7H2,1H3,(H2,16,17). The Balaban J connectivity index is 1.61. The first-order chi connectivity index (χ1) is 10.2. The highest BCUT2D eigenvalue weighted by atomic mass is 32.1. The number of aryl methyl sites for hydroxylation is 1. The number of fused-ring (bicyclic) bond motifs is 4. The summed E-state index contributed by atoms with van der Waals surface area (Å²) in [6.45, 7) is 4.38. The molecule has 0 spiro atoms. The van der Waals surface area contributed by atoms with Gasteiger partial charge in [-0.1, -0.05) is 11.3 Å². The van der Waals surface area contributed by atoms with Gasteiger partial charge in [-0.15, -0.1) is 11.3 Å². The number of anilines is 2. The maximum atomic E-state index is 5.80. The highest BCUT2D eigenvalue weighted by Gasteiger charge is 2.30. The Morgan fingerprint density at radius 2 is 1.81 bits per heavy atom. The van der Waals surface area contributed by atoms with Gasteiger partial charge in [-0.25, -0.2) is 9.97 Å². The first-order valence-electron chi connectivity index (χ1n) is 7.63. The summed E-state index contributed by atoms with van der Waals surface area (Å²) in [5, 5.41) is 3.96. The average Bonchev–Trinajstić information content (AvgIpc) is 2.95. The summed E-state index contributed by atoms with van der Waals surface area (Å²) in [6.07, 6.45) is 5.63. The maximum absolute atomic E-state index is 5.80. The van der Waals surface area contributed by atoms with Gasteiger partial charge < -0.3 is 10.6 Å². The summed E-state index contributed by atoms with van der Waals surface area (Å²) in [5.74, 6) is 1.74. The van der Waals surface area contributed by atoms with E-state index in [4.69, 9.17) is 10.7 Å². The first kappa shape index (κ1) is 13.5. The lowest BCUT2D eigenvalue weighted by molar-refractivity contribution is 0.326. The molecule has 2 aliphatic heterocycles. The molecule has 0 unspecified atom stereocenters. The zero-order valence-corrected chi connectivity index (χ0v) is 13.8. The van der Waals surface area contributed by atoms with E-state index in [-0.39, 0.29) is 0 Å². The average molecular weight is 320 g/mol. The SMILES string of the molecule is Cc1nc(N)sc1-c1csc(N2CC3CCC(CC3)C2)n1. The van der Waals surface area contributed by atoms with Crippen LogP contribution in [0.1, 0.15) is 31.4 Å². The highest BCUT2D eigenvalue weighted by Crippen LogP contribution is 2.39. The second-order valence-electron chi connectivity index (χ2n) is 6.27. The van der Waals surface area contributed by atoms with Gasteiger partial charge >= 0.3 is 0 Å². The molecule has 112 valence electrons. The fourth-order valence-electron chi connectivity index (χ4n) is 3.62. The molecule has 0 atom stereocenters. The third-order valence-corrected chi connectivity index (χ3v) is 6.64. The molecule has 0 aromatic carbocycles. The van der Waals surface area contributed by atoms with Gasteiger partial charge in [0.1, 0.15) is 0 Å². The fourth-order valence-corrected chi connectivity index (χ4v) is 5.33. The summed E-state index contributed by atoms with van der Waals surface area (Å²) >= 11 is 3.30. The van der Waals surface area contributed by atoms with Crippen LogP contribution in [0.5, 0.6) is 0 Å². The van der Waals surface area contributed by atoms with E-state index in [2.05, 4.69) is 15.3 Å². The Labute approximate surface area is 133 Å².